The van der Waals surface area contributed by atoms with E-state index in [1.54, 1.807) is 36.1 Å². The summed E-state index contributed by atoms with van der Waals surface area (Å²) in [5.41, 5.74) is 0.946. The lowest BCUT2D eigenvalue weighted by molar-refractivity contribution is -0.147. The number of ether oxygens (including phenoxy) is 1. The number of nitrogens with one attached hydrogen (secondary N) is 1. The minimum atomic E-state index is -3.54. The number of allylic oxidation sites excluding steroid dienone is 3. The summed E-state index contributed by atoms with van der Waals surface area (Å²) in [5.74, 6) is 0.745. The van der Waals surface area contributed by atoms with Crippen LogP contribution in [0.4, 0.5) is 0 Å². The van der Waals surface area contributed by atoms with Gasteiger partial charge in [-0.25, -0.2) is 13.1 Å². The molecule has 1 saturated carbocycles. The standard InChI is InChI=1S/C26H30Cl2N2O5S/c1-4-10-17(27)15-18(28)16-23-24(26(32)35-5-2)19-11-6-7-12-20(19)25(31)30(23)22-14-9-8-13-21(22)29-36(3,33)34/h1,6-7,10-12,15,21-24,29H,5,8-9,13-14,16H2,2-3H3/b17-10+,18-15+/t21-,22-,23-,24+/m0/s1. The summed E-state index contributed by atoms with van der Waals surface area (Å²) in [7, 11) is -3.54. The average molecular weight is 554 g/mol. The van der Waals surface area contributed by atoms with Gasteiger partial charge in [0, 0.05) is 35.2 Å². The van der Waals surface area contributed by atoms with E-state index >= 15 is 0 Å². The quantitative estimate of drug-likeness (QED) is 0.295. The highest BCUT2D eigenvalue weighted by Gasteiger charge is 2.48. The Hall–Kier alpha value is -2.31. The summed E-state index contributed by atoms with van der Waals surface area (Å²) in [6, 6.07) is 5.23. The third-order valence-electron chi connectivity index (χ3n) is 6.42. The van der Waals surface area contributed by atoms with Crippen molar-refractivity contribution in [3.8, 4) is 12.3 Å². The predicted octanol–water partition coefficient (Wildman–Crippen LogP) is 4.29. The van der Waals surface area contributed by atoms with Crippen LogP contribution in [0.15, 0.2) is 46.5 Å². The van der Waals surface area contributed by atoms with Crippen molar-refractivity contribution in [2.24, 2.45) is 0 Å². The van der Waals surface area contributed by atoms with Crippen LogP contribution in [0, 0.1) is 12.3 Å². The van der Waals surface area contributed by atoms with E-state index in [4.69, 9.17) is 34.4 Å². The Labute approximate surface area is 222 Å². The van der Waals surface area contributed by atoms with Crippen LogP contribution in [0.3, 0.4) is 0 Å². The lowest BCUT2D eigenvalue weighted by Crippen LogP contribution is -2.61. The average Bonchev–Trinajstić information content (AvgIpc) is 2.79. The third kappa shape index (κ3) is 6.71. The fourth-order valence-corrected chi connectivity index (χ4v) is 6.49. The number of terminal acetylenes is 1. The Morgan fingerprint density at radius 2 is 1.97 bits per heavy atom. The van der Waals surface area contributed by atoms with Crippen LogP contribution in [0.1, 0.15) is 60.9 Å². The zero-order valence-electron chi connectivity index (χ0n) is 20.2. The van der Waals surface area contributed by atoms with Gasteiger partial charge in [-0.05, 0) is 37.5 Å². The first-order valence-corrected chi connectivity index (χ1v) is 14.5. The van der Waals surface area contributed by atoms with Gasteiger partial charge >= 0.3 is 5.97 Å². The largest absolute Gasteiger partial charge is 0.465 e. The molecule has 10 heteroatoms. The summed E-state index contributed by atoms with van der Waals surface area (Å²) in [6.07, 6.45) is 12.1. The van der Waals surface area contributed by atoms with Gasteiger partial charge in [-0.15, -0.1) is 6.42 Å². The molecule has 0 unspecified atom stereocenters. The first-order chi connectivity index (χ1) is 17.1. The summed E-state index contributed by atoms with van der Waals surface area (Å²) >= 11 is 12.7. The fraction of sp³-hybridized carbons (Fsp3) is 0.462. The Morgan fingerprint density at radius 1 is 1.28 bits per heavy atom. The molecule has 4 atom stereocenters. The highest BCUT2D eigenvalue weighted by molar-refractivity contribution is 7.88. The molecule has 1 amide bonds. The van der Waals surface area contributed by atoms with Crippen LogP contribution < -0.4 is 4.72 Å². The fourth-order valence-electron chi connectivity index (χ4n) is 5.14. The van der Waals surface area contributed by atoms with E-state index in [0.717, 1.165) is 19.1 Å². The zero-order valence-corrected chi connectivity index (χ0v) is 22.6. The predicted molar refractivity (Wildman–Crippen MR) is 141 cm³/mol. The molecule has 1 aliphatic carbocycles. The van der Waals surface area contributed by atoms with Crippen LogP contribution in [0.2, 0.25) is 0 Å². The maximum Gasteiger partial charge on any atom is 0.315 e. The van der Waals surface area contributed by atoms with Gasteiger partial charge in [-0.2, -0.15) is 0 Å². The molecule has 0 bridgehead atoms. The van der Waals surface area contributed by atoms with E-state index < -0.39 is 40.0 Å². The number of carbonyl (C=O) groups is 2. The molecule has 1 N–H and O–H groups in total. The minimum Gasteiger partial charge on any atom is -0.465 e. The van der Waals surface area contributed by atoms with Crippen LogP contribution in [-0.4, -0.2) is 56.2 Å². The molecule has 1 aliphatic heterocycles. The molecule has 0 saturated heterocycles. The summed E-state index contributed by atoms with van der Waals surface area (Å²) < 4.78 is 32.4. The van der Waals surface area contributed by atoms with Crippen LogP contribution in [-0.2, 0) is 19.6 Å². The molecule has 0 radical (unpaired) electrons. The Bertz CT molecular complexity index is 1200. The van der Waals surface area contributed by atoms with Crippen LogP contribution in [0.5, 0.6) is 0 Å². The van der Waals surface area contributed by atoms with Crippen molar-refractivity contribution in [2.45, 2.75) is 63.1 Å². The number of hydrogen-bond acceptors (Lipinski definition) is 5. The molecule has 1 aromatic rings. The number of halogens is 2. The summed E-state index contributed by atoms with van der Waals surface area (Å²) in [4.78, 5) is 28.9. The molecule has 1 aromatic carbocycles. The molecule has 7 nitrogen and oxygen atoms in total. The van der Waals surface area contributed by atoms with Gasteiger partial charge in [0.05, 0.1) is 23.9 Å². The van der Waals surface area contributed by atoms with Gasteiger partial charge in [0.1, 0.15) is 5.92 Å². The zero-order chi connectivity index (χ0) is 26.5. The molecule has 1 fully saturated rings. The van der Waals surface area contributed by atoms with E-state index in [1.165, 1.54) is 12.2 Å². The van der Waals surface area contributed by atoms with Gasteiger partial charge in [-0.3, -0.25) is 9.59 Å². The maximum atomic E-state index is 13.9. The number of benzene rings is 1. The Morgan fingerprint density at radius 3 is 2.64 bits per heavy atom. The minimum absolute atomic E-state index is 0.0990. The van der Waals surface area contributed by atoms with Gasteiger partial charge in [0.25, 0.3) is 5.91 Å². The molecule has 1 heterocycles. The van der Waals surface area contributed by atoms with Gasteiger partial charge in [-0.1, -0.05) is 60.2 Å². The van der Waals surface area contributed by atoms with E-state index in [-0.39, 0.29) is 24.0 Å². The van der Waals surface area contributed by atoms with Crippen molar-refractivity contribution < 1.29 is 22.7 Å². The smallest absolute Gasteiger partial charge is 0.315 e. The third-order valence-corrected chi connectivity index (χ3v) is 7.63. The van der Waals surface area contributed by atoms with E-state index in [2.05, 4.69) is 10.6 Å². The molecular weight excluding hydrogens is 523 g/mol. The second kappa shape index (κ2) is 12.3. The molecule has 0 spiro atoms. The van der Waals surface area contributed by atoms with E-state index in [1.807, 2.05) is 0 Å². The summed E-state index contributed by atoms with van der Waals surface area (Å²) in [5, 5.41) is 0.532. The number of esters is 1. The normalized spacial score (nSPS) is 25.2. The van der Waals surface area contributed by atoms with E-state index in [9.17, 15) is 18.0 Å². The molecule has 194 valence electrons. The van der Waals surface area contributed by atoms with Crippen molar-refractivity contribution in [1.82, 2.24) is 9.62 Å². The van der Waals surface area contributed by atoms with Crippen molar-refractivity contribution in [2.75, 3.05) is 12.9 Å². The maximum absolute atomic E-state index is 13.9. The lowest BCUT2D eigenvalue weighted by atomic mass is 9.78. The summed E-state index contributed by atoms with van der Waals surface area (Å²) in [6.45, 7) is 1.88. The topological polar surface area (TPSA) is 92.8 Å². The Balaban J connectivity index is 2.16. The first-order valence-electron chi connectivity index (χ1n) is 11.8. The highest BCUT2D eigenvalue weighted by Crippen LogP contribution is 2.41. The Kier molecular flexibility index (Phi) is 9.65. The molecule has 3 rings (SSSR count). The number of carbonyl (C=O) groups excluding carboxylic acids is 2. The van der Waals surface area contributed by atoms with Crippen LogP contribution in [0.25, 0.3) is 0 Å². The van der Waals surface area contributed by atoms with Gasteiger partial charge < -0.3 is 9.64 Å². The number of hydrogen-bond donors (Lipinski definition) is 1. The van der Waals surface area contributed by atoms with Crippen LogP contribution >= 0.6 is 23.2 Å². The van der Waals surface area contributed by atoms with Crippen molar-refractivity contribution in [3.63, 3.8) is 0 Å². The number of nitrogens with zero attached hydrogens (tertiary/aromatic N) is 1. The number of rotatable bonds is 8. The second-order valence-electron chi connectivity index (χ2n) is 8.94. The van der Waals surface area contributed by atoms with Crippen molar-refractivity contribution in [3.05, 3.63) is 57.6 Å². The number of sulfonamides is 1. The van der Waals surface area contributed by atoms with Gasteiger partial charge in [0.15, 0.2) is 0 Å². The number of amides is 1. The van der Waals surface area contributed by atoms with Crippen molar-refractivity contribution in [1.29, 1.82) is 0 Å². The molecule has 0 aromatic heterocycles. The lowest BCUT2D eigenvalue weighted by Gasteiger charge is -2.48. The van der Waals surface area contributed by atoms with E-state index in [0.29, 0.717) is 29.0 Å². The monoisotopic (exact) mass is 552 g/mol. The molecule has 2 aliphatic rings. The second-order valence-corrected chi connectivity index (χ2v) is 11.6. The first kappa shape index (κ1) is 28.3. The van der Waals surface area contributed by atoms with Gasteiger partial charge in [0.2, 0.25) is 10.0 Å². The SMILES string of the molecule is C#C/C=C(Cl)\C=C(\Cl)C[C@H]1[C@H](C(=O)OCC)c2ccccc2C(=O)N1[C@H]1CCCC[C@@H]1NS(C)(=O)=O. The molecule has 36 heavy (non-hydrogen) atoms. The molecular formula is C26H30Cl2N2O5S. The highest BCUT2D eigenvalue weighted by atomic mass is 35.5. The number of fused-ring (bicyclic) bond motifs is 1. The van der Waals surface area contributed by atoms with Crippen molar-refractivity contribution >= 4 is 45.1 Å².